The van der Waals surface area contributed by atoms with Crippen LogP contribution in [0.25, 0.3) is 0 Å². The molecule has 0 aliphatic heterocycles. The van der Waals surface area contributed by atoms with Crippen molar-refractivity contribution in [3.8, 4) is 5.75 Å². The standard InChI is InChI=1S/C9H12N2O3/c1-14-8(13)9(10,11)6-2-4-7(12)5-3-6/h2-5,12H,10-11H2,1H3. The molecule has 0 radical (unpaired) electrons. The number of ether oxygens (including phenoxy) is 1. The molecule has 0 spiro atoms. The molecule has 0 amide bonds. The summed E-state index contributed by atoms with van der Waals surface area (Å²) in [5.74, 6) is -0.655. The van der Waals surface area contributed by atoms with Crippen molar-refractivity contribution in [1.29, 1.82) is 0 Å². The van der Waals surface area contributed by atoms with Crippen molar-refractivity contribution in [2.75, 3.05) is 7.11 Å². The molecule has 1 aromatic rings. The molecule has 5 heteroatoms. The molecule has 0 unspecified atom stereocenters. The zero-order chi connectivity index (χ0) is 10.8. The van der Waals surface area contributed by atoms with Crippen LogP contribution < -0.4 is 11.5 Å². The van der Waals surface area contributed by atoms with Crippen molar-refractivity contribution in [3.63, 3.8) is 0 Å². The second-order valence-electron chi connectivity index (χ2n) is 2.91. The quantitative estimate of drug-likeness (QED) is 0.443. The molecule has 0 saturated heterocycles. The Balaban J connectivity index is 3.03. The van der Waals surface area contributed by atoms with Crippen LogP contribution in [0.4, 0.5) is 0 Å². The van der Waals surface area contributed by atoms with Crippen molar-refractivity contribution >= 4 is 5.97 Å². The largest absolute Gasteiger partial charge is 0.508 e. The molecule has 0 aliphatic carbocycles. The smallest absolute Gasteiger partial charge is 0.345 e. The van der Waals surface area contributed by atoms with Crippen molar-refractivity contribution in [2.45, 2.75) is 5.66 Å². The monoisotopic (exact) mass is 196 g/mol. The van der Waals surface area contributed by atoms with E-state index in [1.54, 1.807) is 0 Å². The molecule has 1 rings (SSSR count). The Morgan fingerprint density at radius 3 is 2.29 bits per heavy atom. The second kappa shape index (κ2) is 3.65. The molecule has 5 nitrogen and oxygen atoms in total. The van der Waals surface area contributed by atoms with Crippen LogP contribution in [0.3, 0.4) is 0 Å². The van der Waals surface area contributed by atoms with Crippen LogP contribution in [0, 0.1) is 0 Å². The minimum atomic E-state index is -1.68. The van der Waals surface area contributed by atoms with Gasteiger partial charge in [-0.05, 0) is 17.7 Å². The van der Waals surface area contributed by atoms with E-state index < -0.39 is 11.6 Å². The van der Waals surface area contributed by atoms with Gasteiger partial charge in [0.15, 0.2) is 5.66 Å². The number of nitrogens with two attached hydrogens (primary N) is 2. The number of methoxy groups -OCH3 is 1. The number of aromatic hydroxyl groups is 1. The van der Waals surface area contributed by atoms with E-state index in [-0.39, 0.29) is 5.75 Å². The van der Waals surface area contributed by atoms with Gasteiger partial charge in [-0.25, -0.2) is 4.79 Å². The molecule has 0 bridgehead atoms. The number of rotatable bonds is 2. The summed E-state index contributed by atoms with van der Waals surface area (Å²) in [4.78, 5) is 11.2. The maximum Gasteiger partial charge on any atom is 0.345 e. The van der Waals surface area contributed by atoms with E-state index in [4.69, 9.17) is 16.6 Å². The Labute approximate surface area is 81.3 Å². The number of hydrogen-bond donors (Lipinski definition) is 3. The van der Waals surface area contributed by atoms with Crippen LogP contribution >= 0.6 is 0 Å². The van der Waals surface area contributed by atoms with Crippen LogP contribution in [0.15, 0.2) is 24.3 Å². The highest BCUT2D eigenvalue weighted by Crippen LogP contribution is 2.17. The Hall–Kier alpha value is -1.59. The van der Waals surface area contributed by atoms with E-state index in [2.05, 4.69) is 4.74 Å². The molecule has 0 heterocycles. The molecule has 0 fully saturated rings. The summed E-state index contributed by atoms with van der Waals surface area (Å²) in [7, 11) is 1.21. The molecule has 14 heavy (non-hydrogen) atoms. The molecule has 5 N–H and O–H groups in total. The first-order chi connectivity index (χ1) is 6.48. The first kappa shape index (κ1) is 10.5. The molecular weight excluding hydrogens is 184 g/mol. The molecule has 0 aliphatic rings. The van der Waals surface area contributed by atoms with Crippen LogP contribution in [0.5, 0.6) is 5.75 Å². The number of hydrogen-bond acceptors (Lipinski definition) is 5. The van der Waals surface area contributed by atoms with Gasteiger partial charge in [-0.3, -0.25) is 0 Å². The van der Waals surface area contributed by atoms with Crippen molar-refractivity contribution in [1.82, 2.24) is 0 Å². The fourth-order valence-corrected chi connectivity index (χ4v) is 1.02. The Kier molecular flexibility index (Phi) is 2.73. The Bertz CT molecular complexity index is 332. The van der Waals surface area contributed by atoms with Crippen molar-refractivity contribution < 1.29 is 14.6 Å². The summed E-state index contributed by atoms with van der Waals surface area (Å²) in [6, 6.07) is 5.72. The predicted molar refractivity (Wildman–Crippen MR) is 50.2 cm³/mol. The normalized spacial score (nSPS) is 11.1. The first-order valence-corrected chi connectivity index (χ1v) is 3.94. The van der Waals surface area contributed by atoms with E-state index in [1.165, 1.54) is 31.4 Å². The number of esters is 1. The topological polar surface area (TPSA) is 98.6 Å². The zero-order valence-corrected chi connectivity index (χ0v) is 7.73. The first-order valence-electron chi connectivity index (χ1n) is 3.94. The van der Waals surface area contributed by atoms with Gasteiger partial charge >= 0.3 is 5.97 Å². The van der Waals surface area contributed by atoms with E-state index >= 15 is 0 Å². The SMILES string of the molecule is COC(=O)C(N)(N)c1ccc(O)cc1. The van der Waals surface area contributed by atoms with Gasteiger partial charge in [0.25, 0.3) is 0 Å². The van der Waals surface area contributed by atoms with Gasteiger partial charge in [0.2, 0.25) is 0 Å². The highest BCUT2D eigenvalue weighted by atomic mass is 16.5. The lowest BCUT2D eigenvalue weighted by atomic mass is 10.0. The summed E-state index contributed by atoms with van der Waals surface area (Å²) in [5, 5.41) is 9.02. The van der Waals surface area contributed by atoms with E-state index in [0.29, 0.717) is 5.56 Å². The molecular formula is C9H12N2O3. The van der Waals surface area contributed by atoms with Gasteiger partial charge in [0.1, 0.15) is 5.75 Å². The fraction of sp³-hybridized carbons (Fsp3) is 0.222. The lowest BCUT2D eigenvalue weighted by molar-refractivity contribution is -0.147. The molecule has 0 atom stereocenters. The van der Waals surface area contributed by atoms with Gasteiger partial charge in [-0.1, -0.05) is 12.1 Å². The Morgan fingerprint density at radius 2 is 1.86 bits per heavy atom. The summed E-state index contributed by atoms with van der Waals surface area (Å²) < 4.78 is 4.45. The number of phenolic OH excluding ortho intramolecular Hbond substituents is 1. The van der Waals surface area contributed by atoms with Gasteiger partial charge in [0.05, 0.1) is 7.11 Å². The number of carbonyl (C=O) groups is 1. The second-order valence-corrected chi connectivity index (χ2v) is 2.91. The number of phenols is 1. The average molecular weight is 196 g/mol. The molecule has 76 valence electrons. The number of benzene rings is 1. The highest BCUT2D eigenvalue weighted by molar-refractivity contribution is 5.81. The van der Waals surface area contributed by atoms with Crippen LogP contribution in [0.2, 0.25) is 0 Å². The van der Waals surface area contributed by atoms with Gasteiger partial charge in [-0.15, -0.1) is 0 Å². The lowest BCUT2D eigenvalue weighted by Crippen LogP contribution is -2.53. The fourth-order valence-electron chi connectivity index (χ4n) is 1.02. The maximum absolute atomic E-state index is 11.2. The van der Waals surface area contributed by atoms with Crippen LogP contribution in [-0.2, 0) is 15.2 Å². The third-order valence-electron chi connectivity index (χ3n) is 1.87. The third-order valence-corrected chi connectivity index (χ3v) is 1.87. The maximum atomic E-state index is 11.2. The minimum absolute atomic E-state index is 0.0782. The van der Waals surface area contributed by atoms with Crippen LogP contribution in [0.1, 0.15) is 5.56 Å². The van der Waals surface area contributed by atoms with Gasteiger partial charge in [-0.2, -0.15) is 0 Å². The lowest BCUT2D eigenvalue weighted by Gasteiger charge is -2.21. The van der Waals surface area contributed by atoms with Crippen molar-refractivity contribution in [2.24, 2.45) is 11.5 Å². The summed E-state index contributed by atoms with van der Waals surface area (Å²) >= 11 is 0. The summed E-state index contributed by atoms with van der Waals surface area (Å²) in [6.45, 7) is 0. The molecule has 0 aromatic heterocycles. The van der Waals surface area contributed by atoms with Crippen LogP contribution in [-0.4, -0.2) is 18.2 Å². The summed E-state index contributed by atoms with van der Waals surface area (Å²) in [6.07, 6.45) is 0. The van der Waals surface area contributed by atoms with E-state index in [0.717, 1.165) is 0 Å². The molecule has 1 aromatic carbocycles. The summed E-state index contributed by atoms with van der Waals surface area (Å²) in [5.41, 5.74) is 9.83. The van der Waals surface area contributed by atoms with Gasteiger partial charge < -0.3 is 21.3 Å². The zero-order valence-electron chi connectivity index (χ0n) is 7.73. The van der Waals surface area contributed by atoms with Crippen molar-refractivity contribution in [3.05, 3.63) is 29.8 Å². The predicted octanol–water partition coefficient (Wildman–Crippen LogP) is -0.365. The molecule has 0 saturated carbocycles. The third kappa shape index (κ3) is 1.84. The number of carbonyl (C=O) groups excluding carboxylic acids is 1. The van der Waals surface area contributed by atoms with Gasteiger partial charge in [0, 0.05) is 0 Å². The minimum Gasteiger partial charge on any atom is -0.508 e. The Morgan fingerprint density at radius 1 is 1.36 bits per heavy atom. The van der Waals surface area contributed by atoms with E-state index in [1.807, 2.05) is 0 Å². The van der Waals surface area contributed by atoms with E-state index in [9.17, 15) is 4.79 Å². The highest BCUT2D eigenvalue weighted by Gasteiger charge is 2.32. The average Bonchev–Trinajstić information content (AvgIpc) is 2.17.